The van der Waals surface area contributed by atoms with Crippen LogP contribution in [0.25, 0.3) is 22.0 Å². The highest BCUT2D eigenvalue weighted by molar-refractivity contribution is 7.99. The zero-order valence-corrected chi connectivity index (χ0v) is 10.1. The SMILES string of the molecule is O=c1[nH]nc2c3c(cccc13)Sc1ccccc1-2. The van der Waals surface area contributed by atoms with Gasteiger partial charge in [0, 0.05) is 20.7 Å². The van der Waals surface area contributed by atoms with E-state index < -0.39 is 0 Å². The average molecular weight is 252 g/mol. The van der Waals surface area contributed by atoms with E-state index in [-0.39, 0.29) is 5.56 Å². The monoisotopic (exact) mass is 252 g/mol. The van der Waals surface area contributed by atoms with Crippen LogP contribution in [0.15, 0.2) is 57.1 Å². The minimum atomic E-state index is -0.129. The van der Waals surface area contributed by atoms with Gasteiger partial charge >= 0.3 is 0 Å². The van der Waals surface area contributed by atoms with Gasteiger partial charge in [-0.15, -0.1) is 0 Å². The lowest BCUT2D eigenvalue weighted by Gasteiger charge is -2.17. The Hall–Kier alpha value is -2.07. The first-order valence-corrected chi connectivity index (χ1v) is 6.45. The Kier molecular flexibility index (Phi) is 1.91. The van der Waals surface area contributed by atoms with Crippen LogP contribution >= 0.6 is 11.8 Å². The largest absolute Gasteiger partial charge is 0.272 e. The molecule has 3 nitrogen and oxygen atoms in total. The van der Waals surface area contributed by atoms with Crippen molar-refractivity contribution in [2.75, 3.05) is 0 Å². The zero-order valence-electron chi connectivity index (χ0n) is 9.31. The number of aromatic nitrogens is 2. The van der Waals surface area contributed by atoms with E-state index in [2.05, 4.69) is 16.3 Å². The Morgan fingerprint density at radius 1 is 1.00 bits per heavy atom. The highest BCUT2D eigenvalue weighted by atomic mass is 32.2. The molecule has 0 radical (unpaired) electrons. The van der Waals surface area contributed by atoms with Gasteiger partial charge in [0.25, 0.3) is 5.56 Å². The number of rotatable bonds is 0. The van der Waals surface area contributed by atoms with E-state index in [4.69, 9.17) is 0 Å². The maximum atomic E-state index is 11.8. The lowest BCUT2D eigenvalue weighted by atomic mass is 10.0. The van der Waals surface area contributed by atoms with Gasteiger partial charge in [0.15, 0.2) is 0 Å². The van der Waals surface area contributed by atoms with E-state index >= 15 is 0 Å². The Labute approximate surface area is 107 Å². The second kappa shape index (κ2) is 3.46. The van der Waals surface area contributed by atoms with Crippen molar-refractivity contribution in [3.63, 3.8) is 0 Å². The number of hydrogen-bond donors (Lipinski definition) is 1. The average Bonchev–Trinajstić information content (AvgIpc) is 2.42. The molecule has 86 valence electrons. The molecule has 0 aliphatic carbocycles. The predicted octanol–water partition coefficient (Wildman–Crippen LogP) is 3.05. The summed E-state index contributed by atoms with van der Waals surface area (Å²) in [6, 6.07) is 13.9. The Morgan fingerprint density at radius 2 is 1.83 bits per heavy atom. The normalized spacial score (nSPS) is 12.4. The molecule has 1 N–H and O–H groups in total. The highest BCUT2D eigenvalue weighted by Crippen LogP contribution is 2.45. The first-order valence-electron chi connectivity index (χ1n) is 5.63. The zero-order chi connectivity index (χ0) is 12.1. The summed E-state index contributed by atoms with van der Waals surface area (Å²) >= 11 is 1.69. The van der Waals surface area contributed by atoms with Gasteiger partial charge in [-0.05, 0) is 18.2 Å². The molecule has 4 rings (SSSR count). The van der Waals surface area contributed by atoms with Gasteiger partial charge in [0.2, 0.25) is 0 Å². The molecule has 3 aromatic rings. The van der Waals surface area contributed by atoms with Crippen LogP contribution < -0.4 is 5.56 Å². The van der Waals surface area contributed by atoms with Crippen LogP contribution in [0, 0.1) is 0 Å². The van der Waals surface area contributed by atoms with Crippen molar-refractivity contribution in [2.24, 2.45) is 0 Å². The van der Waals surface area contributed by atoms with E-state index in [1.54, 1.807) is 11.8 Å². The molecule has 0 atom stereocenters. The second-order valence-electron chi connectivity index (χ2n) is 4.18. The number of benzene rings is 2. The molecule has 18 heavy (non-hydrogen) atoms. The minimum Gasteiger partial charge on any atom is -0.267 e. The quantitative estimate of drug-likeness (QED) is 0.523. The smallest absolute Gasteiger partial charge is 0.267 e. The number of H-pyrrole nitrogens is 1. The summed E-state index contributed by atoms with van der Waals surface area (Å²) in [4.78, 5) is 14.1. The lowest BCUT2D eigenvalue weighted by molar-refractivity contribution is 1.01. The van der Waals surface area contributed by atoms with Crippen LogP contribution in [0.4, 0.5) is 0 Å². The van der Waals surface area contributed by atoms with E-state index in [9.17, 15) is 4.79 Å². The molecule has 0 saturated carbocycles. The number of nitrogens with one attached hydrogen (secondary N) is 1. The highest BCUT2D eigenvalue weighted by Gasteiger charge is 2.20. The number of fused-ring (bicyclic) bond motifs is 2. The van der Waals surface area contributed by atoms with Crippen molar-refractivity contribution in [2.45, 2.75) is 9.79 Å². The predicted molar refractivity (Wildman–Crippen MR) is 71.9 cm³/mol. The molecule has 0 amide bonds. The summed E-state index contributed by atoms with van der Waals surface area (Å²) in [5.41, 5.74) is 1.83. The van der Waals surface area contributed by atoms with E-state index in [1.807, 2.05) is 36.4 Å². The van der Waals surface area contributed by atoms with Gasteiger partial charge in [-0.2, -0.15) is 5.10 Å². The van der Waals surface area contributed by atoms with Crippen LogP contribution in [0.2, 0.25) is 0 Å². The van der Waals surface area contributed by atoms with E-state index in [0.717, 1.165) is 21.5 Å². The van der Waals surface area contributed by atoms with E-state index in [1.165, 1.54) is 4.90 Å². The molecule has 4 heteroatoms. The molecule has 1 aliphatic rings. The standard InChI is InChI=1S/C14H8N2OS/c17-14-9-5-3-7-11-12(9)13(15-16-14)8-4-1-2-6-10(8)18-11/h1-7H,(H,16,17). The Balaban J connectivity index is 2.25. The van der Waals surface area contributed by atoms with Crippen molar-refractivity contribution >= 4 is 22.5 Å². The van der Waals surface area contributed by atoms with Gasteiger partial charge in [-0.3, -0.25) is 4.79 Å². The summed E-state index contributed by atoms with van der Waals surface area (Å²) in [6.07, 6.45) is 0. The maximum absolute atomic E-state index is 11.8. The molecule has 2 heterocycles. The first kappa shape index (κ1) is 9.91. The minimum absolute atomic E-state index is 0.129. The summed E-state index contributed by atoms with van der Waals surface area (Å²) < 4.78 is 0. The molecule has 0 fully saturated rings. The van der Waals surface area contributed by atoms with Crippen LogP contribution in [0.1, 0.15) is 0 Å². The van der Waals surface area contributed by atoms with Crippen molar-refractivity contribution in [1.82, 2.24) is 10.2 Å². The topological polar surface area (TPSA) is 45.8 Å². The van der Waals surface area contributed by atoms with Gasteiger partial charge in [0.05, 0.1) is 5.39 Å². The summed E-state index contributed by atoms with van der Waals surface area (Å²) in [5.74, 6) is 0. The third-order valence-corrected chi connectivity index (χ3v) is 4.28. The number of nitrogens with zero attached hydrogens (tertiary/aromatic N) is 1. The summed E-state index contributed by atoms with van der Waals surface area (Å²) in [5, 5.41) is 8.48. The van der Waals surface area contributed by atoms with Gasteiger partial charge < -0.3 is 0 Å². The van der Waals surface area contributed by atoms with Gasteiger partial charge in [0.1, 0.15) is 5.69 Å². The fourth-order valence-corrected chi connectivity index (χ4v) is 3.45. The van der Waals surface area contributed by atoms with Crippen molar-refractivity contribution in [3.8, 4) is 11.3 Å². The van der Waals surface area contributed by atoms with Gasteiger partial charge in [-0.25, -0.2) is 5.10 Å². The fraction of sp³-hybridized carbons (Fsp3) is 0. The maximum Gasteiger partial charge on any atom is 0.272 e. The molecule has 0 spiro atoms. The molecule has 1 aromatic heterocycles. The molecule has 0 saturated heterocycles. The van der Waals surface area contributed by atoms with E-state index in [0.29, 0.717) is 5.39 Å². The first-order chi connectivity index (χ1) is 8.84. The Bertz CT molecular complexity index is 839. The fourth-order valence-electron chi connectivity index (χ4n) is 2.34. The molecular formula is C14H8N2OS. The van der Waals surface area contributed by atoms with Crippen LogP contribution in [0.5, 0.6) is 0 Å². The molecule has 0 unspecified atom stereocenters. The van der Waals surface area contributed by atoms with Crippen LogP contribution in [0.3, 0.4) is 0 Å². The van der Waals surface area contributed by atoms with Crippen LogP contribution in [-0.2, 0) is 0 Å². The lowest BCUT2D eigenvalue weighted by Crippen LogP contribution is -2.11. The molecule has 1 aliphatic heterocycles. The molecule has 0 bridgehead atoms. The number of hydrogen-bond acceptors (Lipinski definition) is 3. The van der Waals surface area contributed by atoms with Crippen molar-refractivity contribution in [1.29, 1.82) is 0 Å². The summed E-state index contributed by atoms with van der Waals surface area (Å²) in [7, 11) is 0. The van der Waals surface area contributed by atoms with Crippen molar-refractivity contribution < 1.29 is 0 Å². The molecule has 2 aromatic carbocycles. The molecular weight excluding hydrogens is 244 g/mol. The van der Waals surface area contributed by atoms with Crippen LogP contribution in [-0.4, -0.2) is 10.2 Å². The Morgan fingerprint density at radius 3 is 2.78 bits per heavy atom. The third-order valence-electron chi connectivity index (χ3n) is 3.14. The van der Waals surface area contributed by atoms with Crippen molar-refractivity contribution in [3.05, 3.63) is 52.8 Å². The third kappa shape index (κ3) is 1.21. The summed E-state index contributed by atoms with van der Waals surface area (Å²) in [6.45, 7) is 0. The van der Waals surface area contributed by atoms with Gasteiger partial charge in [-0.1, -0.05) is 36.0 Å². The number of aromatic amines is 1. The second-order valence-corrected chi connectivity index (χ2v) is 5.26.